The molecule has 2 aromatic carbocycles. The van der Waals surface area contributed by atoms with Crippen LogP contribution in [0.3, 0.4) is 0 Å². The van der Waals surface area contributed by atoms with Crippen LogP contribution in [-0.4, -0.2) is 29.9 Å². The van der Waals surface area contributed by atoms with Gasteiger partial charge >= 0.3 is 6.03 Å². The largest absolute Gasteiger partial charge is 0.496 e. The fraction of sp³-hybridized carbons (Fsp3) is 0.0556. The number of ether oxygens (including phenoxy) is 1. The second kappa shape index (κ2) is 7.49. The minimum Gasteiger partial charge on any atom is -0.496 e. The number of rotatable bonds is 4. The van der Waals surface area contributed by atoms with Crippen molar-refractivity contribution in [2.75, 3.05) is 12.0 Å². The molecule has 28 heavy (non-hydrogen) atoms. The first-order valence-electron chi connectivity index (χ1n) is 7.81. The number of nitro benzene ring substituents is 1. The van der Waals surface area contributed by atoms with Gasteiger partial charge in [0.05, 0.1) is 17.7 Å². The molecule has 0 spiro atoms. The van der Waals surface area contributed by atoms with Gasteiger partial charge in [0, 0.05) is 22.7 Å². The molecule has 10 heteroatoms. The van der Waals surface area contributed by atoms with Crippen LogP contribution >= 0.6 is 11.6 Å². The van der Waals surface area contributed by atoms with Crippen molar-refractivity contribution in [3.8, 4) is 5.75 Å². The molecule has 1 N–H and O–H groups in total. The van der Waals surface area contributed by atoms with Crippen molar-refractivity contribution in [2.45, 2.75) is 0 Å². The Morgan fingerprint density at radius 2 is 1.82 bits per heavy atom. The zero-order valence-corrected chi connectivity index (χ0v) is 15.1. The number of halogens is 1. The van der Waals surface area contributed by atoms with Gasteiger partial charge in [-0.25, -0.2) is 9.69 Å². The number of non-ortho nitro benzene ring substituents is 1. The van der Waals surface area contributed by atoms with E-state index in [4.69, 9.17) is 16.3 Å². The van der Waals surface area contributed by atoms with Gasteiger partial charge < -0.3 is 4.74 Å². The number of nitrogens with zero attached hydrogens (tertiary/aromatic N) is 2. The molecule has 0 atom stereocenters. The van der Waals surface area contributed by atoms with Gasteiger partial charge in [-0.05, 0) is 36.4 Å². The molecule has 2 aromatic rings. The van der Waals surface area contributed by atoms with E-state index in [1.54, 1.807) is 12.1 Å². The average Bonchev–Trinajstić information content (AvgIpc) is 2.65. The number of carbonyl (C=O) groups is 3. The summed E-state index contributed by atoms with van der Waals surface area (Å²) in [6, 6.07) is 8.47. The zero-order valence-electron chi connectivity index (χ0n) is 14.3. The Morgan fingerprint density at radius 1 is 1.14 bits per heavy atom. The highest BCUT2D eigenvalue weighted by molar-refractivity contribution is 6.39. The summed E-state index contributed by atoms with van der Waals surface area (Å²) >= 11 is 5.96. The molecule has 0 bridgehead atoms. The van der Waals surface area contributed by atoms with Gasteiger partial charge in [0.25, 0.3) is 17.5 Å². The van der Waals surface area contributed by atoms with Crippen LogP contribution < -0.4 is 15.0 Å². The van der Waals surface area contributed by atoms with Gasteiger partial charge in [-0.3, -0.25) is 25.0 Å². The molecule has 0 aliphatic carbocycles. The summed E-state index contributed by atoms with van der Waals surface area (Å²) in [4.78, 5) is 48.1. The number of nitrogens with one attached hydrogen (secondary N) is 1. The van der Waals surface area contributed by atoms with Gasteiger partial charge in [0.2, 0.25) is 0 Å². The van der Waals surface area contributed by atoms with Crippen LogP contribution in [-0.2, 0) is 9.59 Å². The van der Waals surface area contributed by atoms with Gasteiger partial charge in [-0.15, -0.1) is 0 Å². The molecule has 9 nitrogen and oxygen atoms in total. The normalized spacial score (nSPS) is 15.6. The van der Waals surface area contributed by atoms with Crippen molar-refractivity contribution in [2.24, 2.45) is 0 Å². The highest BCUT2D eigenvalue weighted by atomic mass is 35.5. The molecular weight excluding hydrogens is 390 g/mol. The Balaban J connectivity index is 2.03. The first kappa shape index (κ1) is 19.1. The lowest BCUT2D eigenvalue weighted by Crippen LogP contribution is -2.54. The van der Waals surface area contributed by atoms with Crippen molar-refractivity contribution in [3.05, 3.63) is 68.7 Å². The minimum atomic E-state index is -0.959. The summed E-state index contributed by atoms with van der Waals surface area (Å²) in [7, 11) is 1.42. The smallest absolute Gasteiger partial charge is 0.335 e. The second-order valence-corrected chi connectivity index (χ2v) is 6.05. The Bertz CT molecular complexity index is 1030. The molecule has 3 rings (SSSR count). The predicted octanol–water partition coefficient (Wildman–Crippen LogP) is 2.92. The van der Waals surface area contributed by atoms with E-state index in [9.17, 15) is 24.5 Å². The summed E-state index contributed by atoms with van der Waals surface area (Å²) in [5.41, 5.74) is -0.0845. The molecule has 1 heterocycles. The van der Waals surface area contributed by atoms with Crippen LogP contribution in [0.25, 0.3) is 6.08 Å². The van der Waals surface area contributed by atoms with Crippen molar-refractivity contribution in [3.63, 3.8) is 0 Å². The van der Waals surface area contributed by atoms with E-state index in [1.807, 2.05) is 0 Å². The lowest BCUT2D eigenvalue weighted by molar-refractivity contribution is -0.384. The lowest BCUT2D eigenvalue weighted by atomic mass is 10.1. The number of imide groups is 2. The summed E-state index contributed by atoms with van der Waals surface area (Å²) in [5.74, 6) is -1.39. The molecule has 1 aliphatic rings. The number of nitro groups is 1. The molecule has 0 saturated carbocycles. The minimum absolute atomic E-state index is 0.0737. The number of hydrogen-bond acceptors (Lipinski definition) is 6. The van der Waals surface area contributed by atoms with E-state index in [1.165, 1.54) is 31.4 Å². The highest BCUT2D eigenvalue weighted by Crippen LogP contribution is 2.28. The first-order chi connectivity index (χ1) is 13.3. The Labute approximate surface area is 163 Å². The van der Waals surface area contributed by atoms with Gasteiger partial charge in [-0.1, -0.05) is 11.6 Å². The molecule has 0 radical (unpaired) electrons. The number of urea groups is 1. The van der Waals surface area contributed by atoms with E-state index in [0.717, 1.165) is 12.1 Å². The maximum absolute atomic E-state index is 12.8. The van der Waals surface area contributed by atoms with Gasteiger partial charge in [0.15, 0.2) is 0 Å². The molecule has 0 unspecified atom stereocenters. The van der Waals surface area contributed by atoms with E-state index in [2.05, 4.69) is 5.32 Å². The van der Waals surface area contributed by atoms with E-state index in [-0.39, 0.29) is 16.9 Å². The molecule has 4 amide bonds. The number of hydrogen-bond donors (Lipinski definition) is 1. The number of anilines is 1. The number of carbonyl (C=O) groups excluding carboxylic acids is 3. The highest BCUT2D eigenvalue weighted by Gasteiger charge is 2.37. The third-order valence-electron chi connectivity index (χ3n) is 3.91. The van der Waals surface area contributed by atoms with Crippen molar-refractivity contribution in [1.29, 1.82) is 0 Å². The summed E-state index contributed by atoms with van der Waals surface area (Å²) in [5, 5.41) is 13.2. The third-order valence-corrected chi connectivity index (χ3v) is 4.15. The Hall–Kier alpha value is -3.72. The van der Waals surface area contributed by atoms with Crippen LogP contribution in [0.2, 0.25) is 5.02 Å². The lowest BCUT2D eigenvalue weighted by Gasteiger charge is -2.26. The summed E-state index contributed by atoms with van der Waals surface area (Å²) in [6.07, 6.45) is 1.26. The molecular formula is C18H12ClN3O6. The van der Waals surface area contributed by atoms with Crippen molar-refractivity contribution >= 4 is 46.9 Å². The fourth-order valence-electron chi connectivity index (χ4n) is 2.59. The van der Waals surface area contributed by atoms with E-state index >= 15 is 0 Å². The number of barbiturate groups is 1. The second-order valence-electron chi connectivity index (χ2n) is 5.62. The monoisotopic (exact) mass is 401 g/mol. The van der Waals surface area contributed by atoms with Crippen LogP contribution in [0, 0.1) is 10.1 Å². The fourth-order valence-corrected chi connectivity index (χ4v) is 2.77. The van der Waals surface area contributed by atoms with Crippen LogP contribution in [0.5, 0.6) is 5.75 Å². The van der Waals surface area contributed by atoms with Crippen molar-refractivity contribution < 1.29 is 24.0 Å². The van der Waals surface area contributed by atoms with E-state index in [0.29, 0.717) is 21.2 Å². The van der Waals surface area contributed by atoms with Crippen LogP contribution in [0.15, 0.2) is 48.0 Å². The van der Waals surface area contributed by atoms with E-state index < -0.39 is 22.8 Å². The number of benzene rings is 2. The molecule has 142 valence electrons. The molecule has 1 saturated heterocycles. The standard InChI is InChI=1S/C18H12ClN3O6/c1-28-15-7-2-11(19)8-10(15)9-14-16(23)20-18(25)21(17(14)24)12-3-5-13(6-4-12)22(26)27/h2-9H,1H3,(H,20,23,25)/b14-9+. The maximum atomic E-state index is 12.8. The first-order valence-corrected chi connectivity index (χ1v) is 8.19. The van der Waals surface area contributed by atoms with Gasteiger partial charge in [0.1, 0.15) is 11.3 Å². The average molecular weight is 402 g/mol. The summed E-state index contributed by atoms with van der Waals surface area (Å²) in [6.45, 7) is 0. The number of methoxy groups -OCH3 is 1. The van der Waals surface area contributed by atoms with Crippen LogP contribution in [0.4, 0.5) is 16.2 Å². The Kier molecular flexibility index (Phi) is 5.10. The Morgan fingerprint density at radius 3 is 2.43 bits per heavy atom. The third kappa shape index (κ3) is 3.55. The SMILES string of the molecule is COc1ccc(Cl)cc1/C=C1\C(=O)NC(=O)N(c2ccc([N+](=O)[O-])cc2)C1=O. The quantitative estimate of drug-likeness (QED) is 0.364. The topological polar surface area (TPSA) is 119 Å². The zero-order chi connectivity index (χ0) is 20.4. The predicted molar refractivity (Wildman–Crippen MR) is 100 cm³/mol. The van der Waals surface area contributed by atoms with Gasteiger partial charge in [-0.2, -0.15) is 0 Å². The van der Waals surface area contributed by atoms with Crippen LogP contribution in [0.1, 0.15) is 5.56 Å². The summed E-state index contributed by atoms with van der Waals surface area (Å²) < 4.78 is 5.19. The molecule has 0 aromatic heterocycles. The molecule has 1 fully saturated rings. The number of amides is 4. The maximum Gasteiger partial charge on any atom is 0.335 e. The molecule has 1 aliphatic heterocycles. The van der Waals surface area contributed by atoms with Crippen molar-refractivity contribution in [1.82, 2.24) is 5.32 Å².